The second-order valence-electron chi connectivity index (χ2n) is 1.14. The highest BCUT2D eigenvalue weighted by atomic mass is 16.3. The van der Waals surface area contributed by atoms with Crippen molar-refractivity contribution in [2.24, 2.45) is 10.4 Å². The number of nitroso groups, excluding NO2 is 2. The van der Waals surface area contributed by atoms with E-state index in [4.69, 9.17) is 0 Å². The molecule has 0 aliphatic rings. The van der Waals surface area contributed by atoms with Crippen LogP contribution in [0, 0.1) is 9.81 Å². The Labute approximate surface area is 48.4 Å². The van der Waals surface area contributed by atoms with Crippen LogP contribution in [0.2, 0.25) is 0 Å². The molecule has 0 aliphatic heterocycles. The molecule has 0 saturated heterocycles. The SMILES string of the molecule is O=Nc1n[nH]c(N=O)n1. The first-order chi connectivity index (χ1) is 4.36. The fraction of sp³-hybridized carbons (Fsp3) is 0. The van der Waals surface area contributed by atoms with E-state index in [2.05, 4.69) is 25.5 Å². The normalized spacial score (nSPS) is 8.89. The molecule has 46 valence electrons. The molecule has 0 atom stereocenters. The molecule has 1 aromatic rings. The van der Waals surface area contributed by atoms with Crippen LogP contribution in [0.4, 0.5) is 11.9 Å². The number of nitrogens with zero attached hydrogens (tertiary/aromatic N) is 4. The smallest absolute Gasteiger partial charge is 0.239 e. The minimum Gasteiger partial charge on any atom is -0.239 e. The molecule has 1 rings (SSSR count). The van der Waals surface area contributed by atoms with E-state index in [1.807, 2.05) is 0 Å². The van der Waals surface area contributed by atoms with Crippen molar-refractivity contribution in [2.75, 3.05) is 0 Å². The van der Waals surface area contributed by atoms with Crippen molar-refractivity contribution in [3.63, 3.8) is 0 Å². The molecule has 0 unspecified atom stereocenters. The van der Waals surface area contributed by atoms with E-state index in [1.54, 1.807) is 0 Å². The highest BCUT2D eigenvalue weighted by Gasteiger charge is 1.99. The first-order valence-electron chi connectivity index (χ1n) is 1.96. The quantitative estimate of drug-likeness (QED) is 0.587. The molecule has 0 fully saturated rings. The van der Waals surface area contributed by atoms with Gasteiger partial charge >= 0.3 is 5.95 Å². The number of rotatable bonds is 2. The van der Waals surface area contributed by atoms with Crippen LogP contribution < -0.4 is 0 Å². The number of aromatic amines is 1. The zero-order valence-corrected chi connectivity index (χ0v) is 4.11. The Morgan fingerprint density at radius 1 is 1.33 bits per heavy atom. The van der Waals surface area contributed by atoms with Crippen LogP contribution in [0.1, 0.15) is 0 Å². The second-order valence-corrected chi connectivity index (χ2v) is 1.14. The summed E-state index contributed by atoms with van der Waals surface area (Å²) in [6.07, 6.45) is 0. The zero-order valence-electron chi connectivity index (χ0n) is 4.11. The van der Waals surface area contributed by atoms with E-state index < -0.39 is 0 Å². The zero-order chi connectivity index (χ0) is 6.69. The third-order valence-electron chi connectivity index (χ3n) is 0.630. The van der Waals surface area contributed by atoms with E-state index in [1.165, 1.54) is 0 Å². The van der Waals surface area contributed by atoms with Gasteiger partial charge in [-0.3, -0.25) is 0 Å². The van der Waals surface area contributed by atoms with E-state index >= 15 is 0 Å². The third-order valence-corrected chi connectivity index (χ3v) is 0.630. The Hall–Kier alpha value is -1.66. The standard InChI is InChI=1S/C2HN5O2/c8-6-1-3-2(7-9)5-4-1/h(H,3,4,5). The van der Waals surface area contributed by atoms with Gasteiger partial charge in [-0.1, -0.05) is 0 Å². The minimum atomic E-state index is -0.315. The number of nitrogens with one attached hydrogen (secondary N) is 1. The Kier molecular flexibility index (Phi) is 1.26. The van der Waals surface area contributed by atoms with Crippen molar-refractivity contribution in [2.45, 2.75) is 0 Å². The molecule has 1 aromatic heterocycles. The number of aromatic nitrogens is 3. The summed E-state index contributed by atoms with van der Waals surface area (Å²) < 4.78 is 0. The Bertz CT molecular complexity index is 206. The topological polar surface area (TPSA) is 100 Å². The molecule has 0 radical (unpaired) electrons. The molecule has 0 saturated carbocycles. The lowest BCUT2D eigenvalue weighted by Crippen LogP contribution is -1.61. The Morgan fingerprint density at radius 2 is 2.11 bits per heavy atom. The fourth-order valence-corrected chi connectivity index (χ4v) is 0.326. The number of hydrogen-bond acceptors (Lipinski definition) is 6. The molecule has 0 aromatic carbocycles. The van der Waals surface area contributed by atoms with Gasteiger partial charge < -0.3 is 0 Å². The van der Waals surface area contributed by atoms with Gasteiger partial charge in [0.25, 0.3) is 5.95 Å². The fourth-order valence-electron chi connectivity index (χ4n) is 0.326. The lowest BCUT2D eigenvalue weighted by Gasteiger charge is -1.65. The average molecular weight is 127 g/mol. The average Bonchev–Trinajstić information content (AvgIpc) is 2.34. The van der Waals surface area contributed by atoms with Crippen LogP contribution in [-0.4, -0.2) is 15.2 Å². The Morgan fingerprint density at radius 3 is 2.44 bits per heavy atom. The van der Waals surface area contributed by atoms with Crippen LogP contribution in [0.3, 0.4) is 0 Å². The van der Waals surface area contributed by atoms with Crippen molar-refractivity contribution >= 4 is 11.9 Å². The molecule has 7 nitrogen and oxygen atoms in total. The van der Waals surface area contributed by atoms with E-state index in [-0.39, 0.29) is 11.9 Å². The molecule has 0 spiro atoms. The predicted octanol–water partition coefficient (Wildman–Crippen LogP) is 0.600. The van der Waals surface area contributed by atoms with Crippen molar-refractivity contribution in [3.8, 4) is 0 Å². The summed E-state index contributed by atoms with van der Waals surface area (Å²) in [5.74, 6) is -0.561. The highest BCUT2D eigenvalue weighted by Crippen LogP contribution is 2.06. The largest absolute Gasteiger partial charge is 0.311 e. The number of H-pyrrole nitrogens is 1. The van der Waals surface area contributed by atoms with Crippen LogP contribution in [0.5, 0.6) is 0 Å². The second kappa shape index (κ2) is 2.07. The summed E-state index contributed by atoms with van der Waals surface area (Å²) in [7, 11) is 0. The molecule has 1 heterocycles. The van der Waals surface area contributed by atoms with E-state index in [0.29, 0.717) is 0 Å². The molecule has 0 bridgehead atoms. The van der Waals surface area contributed by atoms with Gasteiger partial charge in [-0.25, -0.2) is 5.10 Å². The summed E-state index contributed by atoms with van der Waals surface area (Å²) in [6, 6.07) is 0. The lowest BCUT2D eigenvalue weighted by molar-refractivity contribution is 1.07. The lowest BCUT2D eigenvalue weighted by atomic mass is 11.0. The maximum absolute atomic E-state index is 9.61. The van der Waals surface area contributed by atoms with Gasteiger partial charge in [-0.15, -0.1) is 14.9 Å². The maximum Gasteiger partial charge on any atom is 0.311 e. The van der Waals surface area contributed by atoms with Gasteiger partial charge in [0.05, 0.1) is 0 Å². The molecule has 0 aliphatic carbocycles. The van der Waals surface area contributed by atoms with Crippen LogP contribution >= 0.6 is 0 Å². The number of hydrogen-bond donors (Lipinski definition) is 1. The first-order valence-corrected chi connectivity index (χ1v) is 1.96. The van der Waals surface area contributed by atoms with Crippen LogP contribution in [0.15, 0.2) is 10.4 Å². The van der Waals surface area contributed by atoms with Crippen LogP contribution in [-0.2, 0) is 0 Å². The van der Waals surface area contributed by atoms with Gasteiger partial charge in [-0.05, 0) is 0 Å². The van der Waals surface area contributed by atoms with E-state index in [0.717, 1.165) is 0 Å². The summed E-state index contributed by atoms with van der Waals surface area (Å²) in [4.78, 5) is 22.4. The molecule has 9 heavy (non-hydrogen) atoms. The molecule has 0 amide bonds. The predicted molar refractivity (Wildman–Crippen MR) is 27.3 cm³/mol. The first kappa shape index (κ1) is 5.48. The Balaban J connectivity index is 2.98. The van der Waals surface area contributed by atoms with E-state index in [9.17, 15) is 9.81 Å². The molecular weight excluding hydrogens is 126 g/mol. The van der Waals surface area contributed by atoms with Crippen molar-refractivity contribution < 1.29 is 0 Å². The molecular formula is C2HN5O2. The molecule has 7 heteroatoms. The van der Waals surface area contributed by atoms with Gasteiger partial charge in [0, 0.05) is 10.4 Å². The van der Waals surface area contributed by atoms with Gasteiger partial charge in [0.1, 0.15) is 0 Å². The van der Waals surface area contributed by atoms with Gasteiger partial charge in [-0.2, -0.15) is 4.98 Å². The van der Waals surface area contributed by atoms with Gasteiger partial charge in [0.15, 0.2) is 0 Å². The third kappa shape index (κ3) is 0.929. The summed E-state index contributed by atoms with van der Waals surface area (Å²) in [6.45, 7) is 0. The summed E-state index contributed by atoms with van der Waals surface area (Å²) in [5.41, 5.74) is 0. The minimum absolute atomic E-state index is 0.246. The van der Waals surface area contributed by atoms with Gasteiger partial charge in [0.2, 0.25) is 0 Å². The van der Waals surface area contributed by atoms with Crippen molar-refractivity contribution in [1.82, 2.24) is 15.2 Å². The van der Waals surface area contributed by atoms with Crippen molar-refractivity contribution in [1.29, 1.82) is 0 Å². The highest BCUT2D eigenvalue weighted by molar-refractivity contribution is 5.22. The maximum atomic E-state index is 9.61. The van der Waals surface area contributed by atoms with Crippen LogP contribution in [0.25, 0.3) is 0 Å². The molecule has 1 N–H and O–H groups in total. The van der Waals surface area contributed by atoms with Crippen molar-refractivity contribution in [3.05, 3.63) is 9.81 Å². The summed E-state index contributed by atoms with van der Waals surface area (Å²) >= 11 is 0. The summed E-state index contributed by atoms with van der Waals surface area (Å²) in [5, 5.41) is 9.97. The monoisotopic (exact) mass is 127 g/mol.